The number of halogens is 2. The van der Waals surface area contributed by atoms with Crippen LogP contribution in [0.1, 0.15) is 15.9 Å². The molecule has 0 atom stereocenters. The Morgan fingerprint density at radius 2 is 0.860 bits per heavy atom. The van der Waals surface area contributed by atoms with Gasteiger partial charge in [-0.15, -0.1) is 0 Å². The lowest BCUT2D eigenvalue weighted by Gasteiger charge is -2.08. The summed E-state index contributed by atoms with van der Waals surface area (Å²) in [5.74, 6) is 1.43. The molecule has 2 aromatic heterocycles. The van der Waals surface area contributed by atoms with Gasteiger partial charge in [0.25, 0.3) is 0 Å². The van der Waals surface area contributed by atoms with Crippen molar-refractivity contribution in [3.05, 3.63) is 167 Å². The first-order valence-corrected chi connectivity index (χ1v) is 16.9. The molecule has 0 fully saturated rings. The Morgan fingerprint density at radius 1 is 0.400 bits per heavy atom. The Balaban J connectivity index is 1.19. The van der Waals surface area contributed by atoms with Crippen molar-refractivity contribution in [2.75, 3.05) is 0 Å². The molecule has 0 unspecified atom stereocenters. The van der Waals surface area contributed by atoms with Crippen LogP contribution in [0.25, 0.3) is 78.9 Å². The van der Waals surface area contributed by atoms with E-state index in [1.54, 1.807) is 0 Å². The molecule has 0 spiro atoms. The van der Waals surface area contributed by atoms with Crippen molar-refractivity contribution in [2.24, 2.45) is 0 Å². The molecule has 50 heavy (non-hydrogen) atoms. The first kappa shape index (κ1) is 30.1. The molecule has 0 amide bonds. The monoisotopic (exact) mass is 684 g/mol. The van der Waals surface area contributed by atoms with Crippen LogP contribution in [0.5, 0.6) is 0 Å². The van der Waals surface area contributed by atoms with Crippen molar-refractivity contribution in [2.45, 2.75) is 0 Å². The van der Waals surface area contributed by atoms with Gasteiger partial charge in [-0.3, -0.25) is 4.79 Å². The normalized spacial score (nSPS) is 11.8. The summed E-state index contributed by atoms with van der Waals surface area (Å²) in [4.78, 5) is 31.0. The molecule has 2 N–H and O–H groups in total. The quantitative estimate of drug-likeness (QED) is 0.183. The number of imidazole rings is 2. The number of benzene rings is 6. The molecule has 1 aliphatic carbocycles. The Labute approximate surface area is 298 Å². The van der Waals surface area contributed by atoms with E-state index in [-0.39, 0.29) is 5.78 Å². The van der Waals surface area contributed by atoms with Gasteiger partial charge < -0.3 is 9.97 Å². The van der Waals surface area contributed by atoms with Gasteiger partial charge in [0.1, 0.15) is 11.6 Å². The molecule has 6 aromatic carbocycles. The summed E-state index contributed by atoms with van der Waals surface area (Å²) in [6.45, 7) is 0. The number of aromatic nitrogens is 4. The van der Waals surface area contributed by atoms with Gasteiger partial charge in [-0.05, 0) is 59.7 Å². The molecular formula is C43H26Cl2N4O. The molecule has 5 nitrogen and oxygen atoms in total. The van der Waals surface area contributed by atoms with E-state index >= 15 is 0 Å². The van der Waals surface area contributed by atoms with E-state index in [1.165, 1.54) is 0 Å². The van der Waals surface area contributed by atoms with Gasteiger partial charge >= 0.3 is 0 Å². The van der Waals surface area contributed by atoms with E-state index in [0.717, 1.165) is 67.3 Å². The van der Waals surface area contributed by atoms with Crippen molar-refractivity contribution in [3.63, 3.8) is 0 Å². The summed E-state index contributed by atoms with van der Waals surface area (Å²) in [6, 6.07) is 47.5. The van der Waals surface area contributed by atoms with Crippen LogP contribution in [-0.2, 0) is 0 Å². The van der Waals surface area contributed by atoms with Crippen LogP contribution in [0.2, 0.25) is 10.0 Å². The number of hydrogen-bond acceptors (Lipinski definition) is 3. The summed E-state index contributed by atoms with van der Waals surface area (Å²) < 4.78 is 0. The highest BCUT2D eigenvalue weighted by Crippen LogP contribution is 2.44. The van der Waals surface area contributed by atoms with Crippen LogP contribution < -0.4 is 0 Å². The number of ketones is 1. The third-order valence-electron chi connectivity index (χ3n) is 9.09. The first-order valence-electron chi connectivity index (χ1n) is 16.2. The third-order valence-corrected chi connectivity index (χ3v) is 9.56. The second-order valence-corrected chi connectivity index (χ2v) is 13.1. The average molecular weight is 686 g/mol. The maximum atomic E-state index is 13.7. The van der Waals surface area contributed by atoms with Crippen LogP contribution in [0.3, 0.4) is 0 Å². The van der Waals surface area contributed by atoms with Crippen molar-refractivity contribution < 1.29 is 4.79 Å². The largest absolute Gasteiger partial charge is 0.337 e. The molecule has 0 saturated carbocycles. The van der Waals surface area contributed by atoms with Crippen molar-refractivity contribution in [1.29, 1.82) is 0 Å². The number of nitrogens with zero attached hydrogens (tertiary/aromatic N) is 2. The summed E-state index contributed by atoms with van der Waals surface area (Å²) in [7, 11) is 0. The molecule has 0 radical (unpaired) electrons. The molecule has 1 aliphatic rings. The number of H-pyrrole nitrogens is 2. The topological polar surface area (TPSA) is 74.4 Å². The maximum absolute atomic E-state index is 13.7. The summed E-state index contributed by atoms with van der Waals surface area (Å²) in [5, 5.41) is 1.27. The average Bonchev–Trinajstić information content (AvgIpc) is 3.88. The molecule has 0 aliphatic heterocycles. The van der Waals surface area contributed by atoms with Gasteiger partial charge in [-0.2, -0.15) is 0 Å². The number of rotatable bonds is 6. The summed E-state index contributed by atoms with van der Waals surface area (Å²) >= 11 is 12.7. The zero-order valence-electron chi connectivity index (χ0n) is 26.4. The van der Waals surface area contributed by atoms with Crippen LogP contribution in [-0.4, -0.2) is 25.7 Å². The van der Waals surface area contributed by atoms with Gasteiger partial charge in [0.15, 0.2) is 5.78 Å². The Kier molecular flexibility index (Phi) is 7.31. The number of carbonyl (C=O) groups excluding carboxylic acids is 1. The molecule has 0 saturated heterocycles. The predicted molar refractivity (Wildman–Crippen MR) is 202 cm³/mol. The standard InChI is InChI=1S/C43H26Cl2N4O/c44-31-15-7-13-29(21-31)42-46-37(25-9-3-1-4-10-25)39(48-42)27-17-19-33-35(23-27)36-24-28(18-20-34(36)41(33)50)40-38(26-11-5-2-6-12-26)47-43(49-40)30-14-8-16-32(45)22-30/h1-24H,(H,46,48)(H,47,49). The number of nitrogens with one attached hydrogen (secondary N) is 2. The van der Waals surface area contributed by atoms with E-state index in [0.29, 0.717) is 32.8 Å². The third kappa shape index (κ3) is 5.24. The van der Waals surface area contributed by atoms with Crippen molar-refractivity contribution in [1.82, 2.24) is 19.9 Å². The SMILES string of the molecule is O=C1c2ccc(-c3nc(-c4cccc(Cl)c4)[nH]c3-c3ccccc3)cc2-c2cc(-c3[nH]c(-c4cccc(Cl)c4)nc3-c3ccccc3)ccc21. The molecule has 0 bridgehead atoms. The second kappa shape index (κ2) is 12.1. The summed E-state index contributed by atoms with van der Waals surface area (Å²) in [5.41, 5.74) is 12.0. The van der Waals surface area contributed by atoms with E-state index in [1.807, 2.05) is 121 Å². The van der Waals surface area contributed by atoms with Gasteiger partial charge in [-0.1, -0.05) is 120 Å². The van der Waals surface area contributed by atoms with Crippen molar-refractivity contribution in [3.8, 4) is 78.9 Å². The van der Waals surface area contributed by atoms with E-state index in [9.17, 15) is 4.79 Å². The van der Waals surface area contributed by atoms with Gasteiger partial charge in [0.2, 0.25) is 0 Å². The fraction of sp³-hybridized carbons (Fsp3) is 0. The molecule has 238 valence electrons. The zero-order valence-corrected chi connectivity index (χ0v) is 27.9. The van der Waals surface area contributed by atoms with Crippen LogP contribution >= 0.6 is 23.2 Å². The number of hydrogen-bond donors (Lipinski definition) is 2. The minimum atomic E-state index is 0.00513. The lowest BCUT2D eigenvalue weighted by atomic mass is 9.97. The molecule has 2 heterocycles. The summed E-state index contributed by atoms with van der Waals surface area (Å²) in [6.07, 6.45) is 0. The van der Waals surface area contributed by atoms with Gasteiger partial charge in [-0.25, -0.2) is 9.97 Å². The molecule has 7 heteroatoms. The number of fused-ring (bicyclic) bond motifs is 3. The lowest BCUT2D eigenvalue weighted by Crippen LogP contribution is -1.95. The minimum absolute atomic E-state index is 0.00513. The highest BCUT2D eigenvalue weighted by atomic mass is 35.5. The van der Waals surface area contributed by atoms with Crippen LogP contribution in [0.15, 0.2) is 146 Å². The fourth-order valence-corrected chi connectivity index (χ4v) is 7.09. The second-order valence-electron chi connectivity index (χ2n) is 12.2. The molecular weight excluding hydrogens is 659 g/mol. The highest BCUT2D eigenvalue weighted by molar-refractivity contribution is 6.31. The molecule has 8 aromatic rings. The van der Waals surface area contributed by atoms with E-state index < -0.39 is 0 Å². The van der Waals surface area contributed by atoms with Crippen LogP contribution in [0.4, 0.5) is 0 Å². The predicted octanol–water partition coefficient (Wildman–Crippen LogP) is 11.7. The maximum Gasteiger partial charge on any atom is 0.194 e. The van der Waals surface area contributed by atoms with Crippen molar-refractivity contribution >= 4 is 29.0 Å². The van der Waals surface area contributed by atoms with Gasteiger partial charge in [0, 0.05) is 54.6 Å². The lowest BCUT2D eigenvalue weighted by molar-refractivity contribution is 0.104. The van der Waals surface area contributed by atoms with Gasteiger partial charge in [0.05, 0.1) is 22.8 Å². The van der Waals surface area contributed by atoms with Crippen LogP contribution in [0, 0.1) is 0 Å². The number of carbonyl (C=O) groups is 1. The Bertz CT molecular complexity index is 2410. The Hall–Kier alpha value is -6.01. The first-order chi connectivity index (χ1) is 24.5. The van der Waals surface area contributed by atoms with E-state index in [4.69, 9.17) is 33.2 Å². The van der Waals surface area contributed by atoms with E-state index in [2.05, 4.69) is 34.2 Å². The minimum Gasteiger partial charge on any atom is -0.337 e. The smallest absolute Gasteiger partial charge is 0.194 e. The highest BCUT2D eigenvalue weighted by Gasteiger charge is 2.29. The fourth-order valence-electron chi connectivity index (χ4n) is 6.71. The Morgan fingerprint density at radius 3 is 1.42 bits per heavy atom. The molecule has 9 rings (SSSR count). The zero-order chi connectivity index (χ0) is 33.8. The number of aromatic amines is 2.